The highest BCUT2D eigenvalue weighted by atomic mass is 16.5. The minimum atomic E-state index is -0.722. The minimum Gasteiger partial charge on any atom is -0.504 e. The molecule has 0 saturated carbocycles. The van der Waals surface area contributed by atoms with Gasteiger partial charge in [-0.2, -0.15) is 0 Å². The number of amides is 1. The van der Waals surface area contributed by atoms with Gasteiger partial charge in [-0.05, 0) is 60.9 Å². The largest absolute Gasteiger partial charge is 0.504 e. The van der Waals surface area contributed by atoms with Crippen LogP contribution in [-0.4, -0.2) is 17.6 Å². The van der Waals surface area contributed by atoms with Gasteiger partial charge in [-0.3, -0.25) is 14.5 Å². The summed E-state index contributed by atoms with van der Waals surface area (Å²) in [5.74, 6) is -0.0562. The molecule has 0 aliphatic carbocycles. The van der Waals surface area contributed by atoms with Crippen LogP contribution in [0.2, 0.25) is 0 Å². The average Bonchev–Trinajstić information content (AvgIpc) is 3.13. The van der Waals surface area contributed by atoms with Crippen molar-refractivity contribution in [3.63, 3.8) is 0 Å². The third kappa shape index (κ3) is 3.35. The molecule has 0 fully saturated rings. The Morgan fingerprint density at radius 2 is 1.76 bits per heavy atom. The standard InChI is InChI=1S/C27H23NO5/c1-3-16-9-12-18(13-10-16)28-24(17-11-14-20(29)22(15-17)32-4-2)23-25(30)19-7-5-6-8-21(19)33-26(23)27(28)31/h5-15,24,29H,3-4H2,1-2H3. The number of hydrogen-bond acceptors (Lipinski definition) is 5. The lowest BCUT2D eigenvalue weighted by Gasteiger charge is -2.26. The number of nitrogens with zero attached hydrogens (tertiary/aromatic N) is 1. The molecule has 33 heavy (non-hydrogen) atoms. The van der Waals surface area contributed by atoms with Gasteiger partial charge in [0.2, 0.25) is 5.76 Å². The van der Waals surface area contributed by atoms with Crippen LogP contribution >= 0.6 is 0 Å². The Hall–Kier alpha value is -4.06. The van der Waals surface area contributed by atoms with E-state index in [1.54, 1.807) is 41.3 Å². The number of benzene rings is 3. The van der Waals surface area contributed by atoms with Gasteiger partial charge in [-0.25, -0.2) is 0 Å². The quantitative estimate of drug-likeness (QED) is 0.460. The minimum absolute atomic E-state index is 0.00505. The number of ether oxygens (including phenoxy) is 1. The van der Waals surface area contributed by atoms with Crippen LogP contribution in [0.25, 0.3) is 11.0 Å². The molecule has 1 N–H and O–H groups in total. The van der Waals surface area contributed by atoms with Gasteiger partial charge < -0.3 is 14.3 Å². The molecule has 1 atom stereocenters. The fourth-order valence-electron chi connectivity index (χ4n) is 4.37. The first-order chi connectivity index (χ1) is 16.0. The lowest BCUT2D eigenvalue weighted by molar-refractivity contribution is 0.0971. The number of rotatable bonds is 5. The fraction of sp³-hybridized carbons (Fsp3) is 0.185. The average molecular weight is 441 g/mol. The summed E-state index contributed by atoms with van der Waals surface area (Å²) < 4.78 is 11.5. The SMILES string of the molecule is CCOc1cc(C2c3c(oc4ccccc4c3=O)C(=O)N2c2ccc(CC)cc2)ccc1O. The van der Waals surface area contributed by atoms with Crippen molar-refractivity contribution in [1.29, 1.82) is 0 Å². The van der Waals surface area contributed by atoms with Crippen molar-refractivity contribution in [2.75, 3.05) is 11.5 Å². The van der Waals surface area contributed by atoms with Crippen molar-refractivity contribution in [2.45, 2.75) is 26.3 Å². The Morgan fingerprint density at radius 1 is 1.00 bits per heavy atom. The first-order valence-electron chi connectivity index (χ1n) is 11.0. The van der Waals surface area contributed by atoms with E-state index in [1.807, 2.05) is 31.2 Å². The maximum absolute atomic E-state index is 13.6. The number of hydrogen-bond donors (Lipinski definition) is 1. The van der Waals surface area contributed by atoms with E-state index < -0.39 is 6.04 Å². The number of para-hydroxylation sites is 1. The van der Waals surface area contributed by atoms with Crippen LogP contribution in [0.15, 0.2) is 75.9 Å². The first kappa shape index (κ1) is 20.8. The molecule has 5 rings (SSSR count). The number of anilines is 1. The normalized spacial score (nSPS) is 15.2. The second kappa shape index (κ2) is 8.13. The van der Waals surface area contributed by atoms with Gasteiger partial charge in [-0.1, -0.05) is 37.3 Å². The van der Waals surface area contributed by atoms with Crippen molar-refractivity contribution >= 4 is 22.6 Å². The third-order valence-electron chi connectivity index (χ3n) is 6.00. The lowest BCUT2D eigenvalue weighted by atomic mass is 9.97. The van der Waals surface area contributed by atoms with Gasteiger partial charge in [-0.15, -0.1) is 0 Å². The molecular formula is C27H23NO5. The Balaban J connectivity index is 1.77. The molecule has 0 spiro atoms. The maximum atomic E-state index is 13.6. The number of phenols is 1. The third-order valence-corrected chi connectivity index (χ3v) is 6.00. The summed E-state index contributed by atoms with van der Waals surface area (Å²) >= 11 is 0. The summed E-state index contributed by atoms with van der Waals surface area (Å²) in [5, 5.41) is 10.6. The Labute approximate surface area is 190 Å². The van der Waals surface area contributed by atoms with E-state index in [0.717, 1.165) is 12.0 Å². The number of carbonyl (C=O) groups excluding carboxylic acids is 1. The van der Waals surface area contributed by atoms with Gasteiger partial charge in [0, 0.05) is 5.69 Å². The molecule has 166 valence electrons. The predicted molar refractivity (Wildman–Crippen MR) is 126 cm³/mol. The van der Waals surface area contributed by atoms with Crippen LogP contribution in [0.5, 0.6) is 11.5 Å². The lowest BCUT2D eigenvalue weighted by Crippen LogP contribution is -2.29. The summed E-state index contributed by atoms with van der Waals surface area (Å²) in [4.78, 5) is 28.8. The number of aromatic hydroxyl groups is 1. The Morgan fingerprint density at radius 3 is 2.48 bits per heavy atom. The highest BCUT2D eigenvalue weighted by molar-refractivity contribution is 6.10. The zero-order valence-corrected chi connectivity index (χ0v) is 18.4. The van der Waals surface area contributed by atoms with E-state index in [1.165, 1.54) is 6.07 Å². The van der Waals surface area contributed by atoms with E-state index in [4.69, 9.17) is 9.15 Å². The topological polar surface area (TPSA) is 80.0 Å². The molecule has 1 aliphatic rings. The van der Waals surface area contributed by atoms with Crippen LogP contribution in [0.4, 0.5) is 5.69 Å². The van der Waals surface area contributed by atoms with Crippen LogP contribution in [0, 0.1) is 0 Å². The second-order valence-corrected chi connectivity index (χ2v) is 7.93. The maximum Gasteiger partial charge on any atom is 0.295 e. The molecule has 6 heteroatoms. The van der Waals surface area contributed by atoms with E-state index in [9.17, 15) is 14.7 Å². The summed E-state index contributed by atoms with van der Waals surface area (Å²) in [6, 6.07) is 18.8. The van der Waals surface area contributed by atoms with E-state index in [2.05, 4.69) is 6.92 Å². The van der Waals surface area contributed by atoms with E-state index >= 15 is 0 Å². The number of aryl methyl sites for hydroxylation is 1. The van der Waals surface area contributed by atoms with Crippen LogP contribution in [-0.2, 0) is 6.42 Å². The molecule has 0 radical (unpaired) electrons. The van der Waals surface area contributed by atoms with E-state index in [0.29, 0.717) is 34.6 Å². The number of carbonyl (C=O) groups is 1. The predicted octanol–water partition coefficient (Wildman–Crippen LogP) is 5.21. The van der Waals surface area contributed by atoms with Gasteiger partial charge in [0.15, 0.2) is 16.9 Å². The second-order valence-electron chi connectivity index (χ2n) is 7.93. The fourth-order valence-corrected chi connectivity index (χ4v) is 4.37. The molecule has 0 bridgehead atoms. The Kier molecular flexibility index (Phi) is 5.13. The summed E-state index contributed by atoms with van der Waals surface area (Å²) in [7, 11) is 0. The summed E-state index contributed by atoms with van der Waals surface area (Å²) in [5.41, 5.74) is 2.85. The molecule has 1 aromatic heterocycles. The molecular weight excluding hydrogens is 418 g/mol. The summed E-state index contributed by atoms with van der Waals surface area (Å²) in [6.07, 6.45) is 0.874. The van der Waals surface area contributed by atoms with Crippen molar-refractivity contribution < 1.29 is 19.1 Å². The Bertz CT molecular complexity index is 1420. The van der Waals surface area contributed by atoms with Crippen molar-refractivity contribution in [1.82, 2.24) is 0 Å². The van der Waals surface area contributed by atoms with Crippen molar-refractivity contribution in [2.24, 2.45) is 0 Å². The van der Waals surface area contributed by atoms with Crippen LogP contribution in [0.1, 0.15) is 47.1 Å². The molecule has 1 aliphatic heterocycles. The van der Waals surface area contributed by atoms with Crippen molar-refractivity contribution in [3.05, 3.63) is 99.4 Å². The van der Waals surface area contributed by atoms with Crippen molar-refractivity contribution in [3.8, 4) is 11.5 Å². The monoisotopic (exact) mass is 441 g/mol. The molecule has 0 saturated heterocycles. The molecule has 1 unspecified atom stereocenters. The van der Waals surface area contributed by atoms with Crippen LogP contribution < -0.4 is 15.1 Å². The van der Waals surface area contributed by atoms with Crippen LogP contribution in [0.3, 0.4) is 0 Å². The first-order valence-corrected chi connectivity index (χ1v) is 11.0. The molecule has 6 nitrogen and oxygen atoms in total. The number of fused-ring (bicyclic) bond motifs is 2. The molecule has 2 heterocycles. The molecule has 1 amide bonds. The zero-order chi connectivity index (χ0) is 23.1. The molecule has 3 aromatic carbocycles. The number of phenolic OH excluding ortho intramolecular Hbond substituents is 1. The highest BCUT2D eigenvalue weighted by Gasteiger charge is 2.43. The zero-order valence-electron chi connectivity index (χ0n) is 18.4. The smallest absolute Gasteiger partial charge is 0.295 e. The van der Waals surface area contributed by atoms with Gasteiger partial charge in [0.1, 0.15) is 5.58 Å². The van der Waals surface area contributed by atoms with E-state index in [-0.39, 0.29) is 28.4 Å². The van der Waals surface area contributed by atoms with Gasteiger partial charge in [0.05, 0.1) is 23.6 Å². The van der Waals surface area contributed by atoms with Gasteiger partial charge in [0.25, 0.3) is 5.91 Å². The molecule has 4 aromatic rings. The van der Waals surface area contributed by atoms with Gasteiger partial charge >= 0.3 is 0 Å². The highest BCUT2D eigenvalue weighted by Crippen LogP contribution is 2.43. The summed E-state index contributed by atoms with van der Waals surface area (Å²) in [6.45, 7) is 4.25.